The van der Waals surface area contributed by atoms with E-state index in [2.05, 4.69) is 20.8 Å². The maximum absolute atomic E-state index is 5.73. The molecule has 2 fully saturated rings. The van der Waals surface area contributed by atoms with Crippen molar-refractivity contribution in [1.82, 2.24) is 4.90 Å². The van der Waals surface area contributed by atoms with E-state index in [1.807, 2.05) is 0 Å². The first-order valence-corrected chi connectivity index (χ1v) is 7.44. The van der Waals surface area contributed by atoms with E-state index in [4.69, 9.17) is 4.74 Å². The average molecular weight is 276 g/mol. The Kier molecular flexibility index (Phi) is 4.92. The third kappa shape index (κ3) is 3.43. The summed E-state index contributed by atoms with van der Waals surface area (Å²) >= 11 is 3.52. The lowest BCUT2D eigenvalue weighted by Crippen LogP contribution is -2.44. The number of nitrogens with zero attached hydrogens (tertiary/aromatic N) is 1. The Morgan fingerprint density at radius 3 is 2.60 bits per heavy atom. The summed E-state index contributed by atoms with van der Waals surface area (Å²) < 4.78 is 5.73. The van der Waals surface area contributed by atoms with Crippen molar-refractivity contribution in [2.24, 2.45) is 0 Å². The first-order chi connectivity index (χ1) is 7.40. The van der Waals surface area contributed by atoms with Crippen molar-refractivity contribution in [2.75, 3.05) is 25.0 Å². The molecular formula is C12H22BrNO. The quantitative estimate of drug-likeness (QED) is 0.692. The van der Waals surface area contributed by atoms with E-state index in [0.717, 1.165) is 18.0 Å². The molecule has 0 bridgehead atoms. The summed E-state index contributed by atoms with van der Waals surface area (Å²) in [6.45, 7) is 3.41. The minimum Gasteiger partial charge on any atom is -0.377 e. The van der Waals surface area contributed by atoms with Crippen LogP contribution in [0, 0.1) is 0 Å². The molecule has 0 N–H and O–H groups in total. The monoisotopic (exact) mass is 275 g/mol. The molecule has 0 amide bonds. The topological polar surface area (TPSA) is 12.5 Å². The predicted octanol–water partition coefficient (Wildman–Crippen LogP) is 2.80. The highest BCUT2D eigenvalue weighted by atomic mass is 79.9. The summed E-state index contributed by atoms with van der Waals surface area (Å²) in [6.07, 6.45) is 8.59. The van der Waals surface area contributed by atoms with Gasteiger partial charge < -0.3 is 4.74 Å². The van der Waals surface area contributed by atoms with Gasteiger partial charge in [-0.05, 0) is 38.6 Å². The molecule has 1 heterocycles. The van der Waals surface area contributed by atoms with Gasteiger partial charge in [-0.15, -0.1) is 0 Å². The van der Waals surface area contributed by atoms with Gasteiger partial charge in [-0.1, -0.05) is 22.4 Å². The van der Waals surface area contributed by atoms with Crippen LogP contribution in [-0.4, -0.2) is 42.1 Å². The SMILES string of the molecule is BrCCCN(CC1CCCO1)C1CCC1. The van der Waals surface area contributed by atoms with E-state index in [0.29, 0.717) is 6.10 Å². The van der Waals surface area contributed by atoms with Crippen LogP contribution in [0.25, 0.3) is 0 Å². The molecule has 88 valence electrons. The number of hydrogen-bond donors (Lipinski definition) is 0. The highest BCUT2D eigenvalue weighted by molar-refractivity contribution is 9.09. The van der Waals surface area contributed by atoms with Crippen molar-refractivity contribution in [2.45, 2.75) is 50.7 Å². The first kappa shape index (κ1) is 11.9. The van der Waals surface area contributed by atoms with Crippen LogP contribution in [0.1, 0.15) is 38.5 Å². The summed E-state index contributed by atoms with van der Waals surface area (Å²) in [6, 6.07) is 0.869. The second-order valence-electron chi connectivity index (χ2n) is 4.76. The molecule has 1 atom stereocenters. The standard InChI is InChI=1S/C12H22BrNO/c13-7-3-8-14(11-4-1-5-11)10-12-6-2-9-15-12/h11-12H,1-10H2. The van der Waals surface area contributed by atoms with Crippen molar-refractivity contribution in [3.8, 4) is 0 Å². The zero-order chi connectivity index (χ0) is 10.5. The molecule has 1 aliphatic carbocycles. The molecule has 0 aromatic rings. The molecule has 1 aliphatic heterocycles. The van der Waals surface area contributed by atoms with E-state index in [1.165, 1.54) is 51.6 Å². The smallest absolute Gasteiger partial charge is 0.0702 e. The fourth-order valence-corrected chi connectivity index (χ4v) is 2.74. The number of rotatable bonds is 6. The van der Waals surface area contributed by atoms with E-state index in [9.17, 15) is 0 Å². The Balaban J connectivity index is 1.75. The Morgan fingerprint density at radius 2 is 2.07 bits per heavy atom. The van der Waals surface area contributed by atoms with Crippen molar-refractivity contribution >= 4 is 15.9 Å². The molecule has 2 rings (SSSR count). The maximum Gasteiger partial charge on any atom is 0.0702 e. The van der Waals surface area contributed by atoms with E-state index >= 15 is 0 Å². The lowest BCUT2D eigenvalue weighted by Gasteiger charge is -2.38. The van der Waals surface area contributed by atoms with Crippen LogP contribution in [0.2, 0.25) is 0 Å². The Labute approximate surface area is 101 Å². The van der Waals surface area contributed by atoms with Crippen LogP contribution in [0.4, 0.5) is 0 Å². The Hall–Kier alpha value is 0.400. The van der Waals surface area contributed by atoms with Crippen molar-refractivity contribution < 1.29 is 4.74 Å². The normalized spacial score (nSPS) is 27.2. The van der Waals surface area contributed by atoms with Gasteiger partial charge in [-0.25, -0.2) is 0 Å². The van der Waals surface area contributed by atoms with Crippen LogP contribution in [0.15, 0.2) is 0 Å². The van der Waals surface area contributed by atoms with Crippen LogP contribution >= 0.6 is 15.9 Å². The van der Waals surface area contributed by atoms with Crippen molar-refractivity contribution in [3.05, 3.63) is 0 Å². The minimum absolute atomic E-state index is 0.529. The van der Waals surface area contributed by atoms with Gasteiger partial charge in [0.05, 0.1) is 6.10 Å². The van der Waals surface area contributed by atoms with E-state index in [1.54, 1.807) is 0 Å². The molecule has 0 aromatic carbocycles. The fraction of sp³-hybridized carbons (Fsp3) is 1.00. The highest BCUT2D eigenvalue weighted by Crippen LogP contribution is 2.26. The first-order valence-electron chi connectivity index (χ1n) is 6.32. The number of halogens is 1. The molecule has 1 unspecified atom stereocenters. The number of hydrogen-bond acceptors (Lipinski definition) is 2. The zero-order valence-electron chi connectivity index (χ0n) is 9.46. The third-order valence-electron chi connectivity index (χ3n) is 3.63. The summed E-state index contributed by atoms with van der Waals surface area (Å²) in [4.78, 5) is 2.67. The largest absolute Gasteiger partial charge is 0.377 e. The molecule has 1 saturated heterocycles. The lowest BCUT2D eigenvalue weighted by atomic mass is 9.91. The van der Waals surface area contributed by atoms with E-state index < -0.39 is 0 Å². The molecule has 0 aromatic heterocycles. The molecule has 0 spiro atoms. The van der Waals surface area contributed by atoms with Crippen LogP contribution in [0.5, 0.6) is 0 Å². The second-order valence-corrected chi connectivity index (χ2v) is 5.55. The van der Waals surface area contributed by atoms with Gasteiger partial charge in [-0.3, -0.25) is 4.90 Å². The number of alkyl halides is 1. The molecule has 2 nitrogen and oxygen atoms in total. The molecule has 15 heavy (non-hydrogen) atoms. The van der Waals surface area contributed by atoms with Gasteiger partial charge in [-0.2, -0.15) is 0 Å². The fourth-order valence-electron chi connectivity index (χ4n) is 2.49. The zero-order valence-corrected chi connectivity index (χ0v) is 11.0. The van der Waals surface area contributed by atoms with Crippen LogP contribution in [0.3, 0.4) is 0 Å². The van der Waals surface area contributed by atoms with Crippen LogP contribution < -0.4 is 0 Å². The van der Waals surface area contributed by atoms with Crippen molar-refractivity contribution in [1.29, 1.82) is 0 Å². The van der Waals surface area contributed by atoms with Gasteiger partial charge in [0.1, 0.15) is 0 Å². The molecule has 0 radical (unpaired) electrons. The van der Waals surface area contributed by atoms with Gasteiger partial charge in [0.15, 0.2) is 0 Å². The molecule has 3 heteroatoms. The Bertz CT molecular complexity index is 178. The molecular weight excluding hydrogens is 254 g/mol. The Morgan fingerprint density at radius 1 is 1.20 bits per heavy atom. The van der Waals surface area contributed by atoms with Crippen LogP contribution in [-0.2, 0) is 4.74 Å². The van der Waals surface area contributed by atoms with Gasteiger partial charge in [0, 0.05) is 24.5 Å². The maximum atomic E-state index is 5.73. The summed E-state index contributed by atoms with van der Waals surface area (Å²) in [7, 11) is 0. The molecule has 2 aliphatic rings. The predicted molar refractivity (Wildman–Crippen MR) is 66.6 cm³/mol. The minimum atomic E-state index is 0.529. The van der Waals surface area contributed by atoms with Gasteiger partial charge >= 0.3 is 0 Å². The summed E-state index contributed by atoms with van der Waals surface area (Å²) in [5.74, 6) is 0. The summed E-state index contributed by atoms with van der Waals surface area (Å²) in [5, 5.41) is 1.13. The van der Waals surface area contributed by atoms with Crippen molar-refractivity contribution in [3.63, 3.8) is 0 Å². The van der Waals surface area contributed by atoms with Gasteiger partial charge in [0.25, 0.3) is 0 Å². The number of ether oxygens (including phenoxy) is 1. The van der Waals surface area contributed by atoms with E-state index in [-0.39, 0.29) is 0 Å². The average Bonchev–Trinajstić information content (AvgIpc) is 2.64. The third-order valence-corrected chi connectivity index (χ3v) is 4.19. The lowest BCUT2D eigenvalue weighted by molar-refractivity contribution is 0.0386. The molecule has 1 saturated carbocycles. The highest BCUT2D eigenvalue weighted by Gasteiger charge is 2.27. The summed E-state index contributed by atoms with van der Waals surface area (Å²) in [5.41, 5.74) is 0. The second kappa shape index (κ2) is 6.21. The van der Waals surface area contributed by atoms with Gasteiger partial charge in [0.2, 0.25) is 0 Å².